The maximum atomic E-state index is 12.3. The zero-order valence-corrected chi connectivity index (χ0v) is 12.1. The van der Waals surface area contributed by atoms with E-state index in [1.165, 1.54) is 0 Å². The lowest BCUT2D eigenvalue weighted by Crippen LogP contribution is -2.43. The Bertz CT molecular complexity index is 418. The molecule has 0 saturated heterocycles. The van der Waals surface area contributed by atoms with E-state index in [-0.39, 0.29) is 5.91 Å². The van der Waals surface area contributed by atoms with E-state index in [9.17, 15) is 4.79 Å². The molecule has 94 valence electrons. The zero-order valence-electron chi connectivity index (χ0n) is 10.5. The molecule has 2 rings (SSSR count). The van der Waals surface area contributed by atoms with E-state index in [2.05, 4.69) is 20.9 Å². The molecular formula is C12H18BrN3O. The lowest BCUT2D eigenvalue weighted by molar-refractivity contribution is -0.134. The molecular weight excluding hydrogens is 282 g/mol. The zero-order chi connectivity index (χ0) is 12.6. The quantitative estimate of drug-likeness (QED) is 0.799. The topological polar surface area (TPSA) is 38.1 Å². The van der Waals surface area contributed by atoms with E-state index in [1.807, 2.05) is 36.6 Å². The monoisotopic (exact) mass is 299 g/mol. The number of imidazole rings is 1. The van der Waals surface area contributed by atoms with Crippen molar-refractivity contribution in [1.29, 1.82) is 0 Å². The average Bonchev–Trinajstić information content (AvgIpc) is 2.98. The Morgan fingerprint density at radius 2 is 2.29 bits per heavy atom. The van der Waals surface area contributed by atoms with Crippen LogP contribution >= 0.6 is 15.9 Å². The second kappa shape index (κ2) is 4.44. The van der Waals surface area contributed by atoms with Gasteiger partial charge in [0.05, 0.1) is 10.9 Å². The largest absolute Gasteiger partial charge is 0.337 e. The first kappa shape index (κ1) is 12.6. The molecule has 0 aromatic carbocycles. The molecule has 1 amide bonds. The molecule has 1 aromatic heterocycles. The molecule has 0 atom stereocenters. The number of rotatable bonds is 4. The normalized spacial score (nSPS) is 16.0. The Kier molecular flexibility index (Phi) is 3.30. The third kappa shape index (κ3) is 2.89. The van der Waals surface area contributed by atoms with Crippen molar-refractivity contribution in [3.63, 3.8) is 0 Å². The van der Waals surface area contributed by atoms with Crippen LogP contribution in [-0.2, 0) is 18.4 Å². The molecule has 0 unspecified atom stereocenters. The van der Waals surface area contributed by atoms with Gasteiger partial charge < -0.3 is 9.47 Å². The van der Waals surface area contributed by atoms with Gasteiger partial charge in [0.15, 0.2) is 0 Å². The number of carbonyl (C=O) groups is 1. The van der Waals surface area contributed by atoms with Gasteiger partial charge >= 0.3 is 0 Å². The first-order valence-electron chi connectivity index (χ1n) is 5.86. The Labute approximate surface area is 110 Å². The SMILES string of the molecule is Cn1ccnc1CN(C(=O)C(C)(C)Br)C1CC1. The van der Waals surface area contributed by atoms with Crippen LogP contribution in [0.15, 0.2) is 12.4 Å². The van der Waals surface area contributed by atoms with Gasteiger partial charge in [0, 0.05) is 25.5 Å². The molecule has 0 N–H and O–H groups in total. The van der Waals surface area contributed by atoms with Gasteiger partial charge in [-0.3, -0.25) is 4.79 Å². The summed E-state index contributed by atoms with van der Waals surface area (Å²) in [6, 6.07) is 0.399. The molecule has 5 heteroatoms. The Morgan fingerprint density at radius 1 is 1.65 bits per heavy atom. The lowest BCUT2D eigenvalue weighted by Gasteiger charge is -2.28. The molecule has 0 aliphatic heterocycles. The van der Waals surface area contributed by atoms with Gasteiger partial charge in [-0.15, -0.1) is 0 Å². The number of hydrogen-bond acceptors (Lipinski definition) is 2. The van der Waals surface area contributed by atoms with Gasteiger partial charge in [-0.2, -0.15) is 0 Å². The second-order valence-corrected chi connectivity index (χ2v) is 7.07. The van der Waals surface area contributed by atoms with Crippen LogP contribution in [0.25, 0.3) is 0 Å². The fourth-order valence-corrected chi connectivity index (χ4v) is 2.02. The van der Waals surface area contributed by atoms with Crippen molar-refractivity contribution in [3.8, 4) is 0 Å². The van der Waals surface area contributed by atoms with E-state index in [1.54, 1.807) is 6.20 Å². The maximum Gasteiger partial charge on any atom is 0.239 e. The predicted octanol–water partition coefficient (Wildman–Crippen LogP) is 2.08. The molecule has 4 nitrogen and oxygen atoms in total. The van der Waals surface area contributed by atoms with Crippen LogP contribution in [0.2, 0.25) is 0 Å². The molecule has 1 fully saturated rings. The van der Waals surface area contributed by atoms with Crippen LogP contribution in [0.5, 0.6) is 0 Å². The van der Waals surface area contributed by atoms with Crippen LogP contribution in [0.3, 0.4) is 0 Å². The highest BCUT2D eigenvalue weighted by molar-refractivity contribution is 9.10. The standard InChI is InChI=1S/C12H18BrN3O/c1-12(2,13)11(17)16(9-4-5-9)8-10-14-6-7-15(10)3/h6-7,9H,4-5,8H2,1-3H3. The van der Waals surface area contributed by atoms with E-state index >= 15 is 0 Å². The van der Waals surface area contributed by atoms with Gasteiger partial charge in [-0.1, -0.05) is 15.9 Å². The molecule has 1 aliphatic carbocycles. The molecule has 0 bridgehead atoms. The summed E-state index contributed by atoms with van der Waals surface area (Å²) in [5.41, 5.74) is 0. The van der Waals surface area contributed by atoms with Crippen LogP contribution in [0, 0.1) is 0 Å². The average molecular weight is 300 g/mol. The molecule has 0 radical (unpaired) electrons. The number of aromatic nitrogens is 2. The number of aryl methyl sites for hydroxylation is 1. The van der Waals surface area contributed by atoms with Crippen molar-refractivity contribution in [2.24, 2.45) is 7.05 Å². The maximum absolute atomic E-state index is 12.3. The fraction of sp³-hybridized carbons (Fsp3) is 0.667. The van der Waals surface area contributed by atoms with Crippen molar-refractivity contribution in [3.05, 3.63) is 18.2 Å². The molecule has 1 heterocycles. The van der Waals surface area contributed by atoms with Crippen molar-refractivity contribution < 1.29 is 4.79 Å². The van der Waals surface area contributed by atoms with Crippen LogP contribution in [0.4, 0.5) is 0 Å². The molecule has 17 heavy (non-hydrogen) atoms. The summed E-state index contributed by atoms with van der Waals surface area (Å²) >= 11 is 3.44. The first-order valence-corrected chi connectivity index (χ1v) is 6.65. The van der Waals surface area contributed by atoms with E-state index in [4.69, 9.17) is 0 Å². The van der Waals surface area contributed by atoms with Gasteiger partial charge in [0.2, 0.25) is 5.91 Å². The van der Waals surface area contributed by atoms with Crippen LogP contribution in [-0.4, -0.2) is 30.7 Å². The highest BCUT2D eigenvalue weighted by atomic mass is 79.9. The van der Waals surface area contributed by atoms with Crippen molar-refractivity contribution in [1.82, 2.24) is 14.5 Å². The first-order chi connectivity index (χ1) is 7.89. The summed E-state index contributed by atoms with van der Waals surface area (Å²) in [7, 11) is 1.96. The van der Waals surface area contributed by atoms with E-state index < -0.39 is 4.32 Å². The highest BCUT2D eigenvalue weighted by Crippen LogP contribution is 2.32. The van der Waals surface area contributed by atoms with E-state index in [0.717, 1.165) is 18.7 Å². The van der Waals surface area contributed by atoms with Gasteiger partial charge in [-0.05, 0) is 26.7 Å². The number of carbonyl (C=O) groups excluding carboxylic acids is 1. The lowest BCUT2D eigenvalue weighted by atomic mass is 10.2. The Balaban J connectivity index is 2.14. The van der Waals surface area contributed by atoms with Crippen molar-refractivity contribution in [2.45, 2.75) is 43.6 Å². The Morgan fingerprint density at radius 3 is 2.71 bits per heavy atom. The van der Waals surface area contributed by atoms with Crippen LogP contribution in [0.1, 0.15) is 32.5 Å². The number of nitrogens with zero attached hydrogens (tertiary/aromatic N) is 3. The smallest absolute Gasteiger partial charge is 0.239 e. The number of amides is 1. The summed E-state index contributed by atoms with van der Waals surface area (Å²) in [6.45, 7) is 4.38. The number of alkyl halides is 1. The summed E-state index contributed by atoms with van der Waals surface area (Å²) in [5.74, 6) is 1.07. The van der Waals surface area contributed by atoms with Gasteiger partial charge in [0.25, 0.3) is 0 Å². The molecule has 1 saturated carbocycles. The highest BCUT2D eigenvalue weighted by Gasteiger charge is 2.38. The summed E-state index contributed by atoms with van der Waals surface area (Å²) in [6.07, 6.45) is 5.90. The van der Waals surface area contributed by atoms with Crippen molar-refractivity contribution >= 4 is 21.8 Å². The van der Waals surface area contributed by atoms with Gasteiger partial charge in [0.1, 0.15) is 5.82 Å². The number of hydrogen-bond donors (Lipinski definition) is 0. The third-order valence-corrected chi connectivity index (χ3v) is 3.33. The van der Waals surface area contributed by atoms with Crippen LogP contribution < -0.4 is 0 Å². The van der Waals surface area contributed by atoms with Gasteiger partial charge in [-0.25, -0.2) is 4.98 Å². The Hall–Kier alpha value is -0.840. The predicted molar refractivity (Wildman–Crippen MR) is 69.8 cm³/mol. The number of halogens is 1. The molecule has 1 aromatic rings. The minimum absolute atomic E-state index is 0.142. The molecule has 0 spiro atoms. The minimum Gasteiger partial charge on any atom is -0.337 e. The second-order valence-electron chi connectivity index (χ2n) is 5.09. The fourth-order valence-electron chi connectivity index (χ4n) is 1.80. The summed E-state index contributed by atoms with van der Waals surface area (Å²) < 4.78 is 1.46. The summed E-state index contributed by atoms with van der Waals surface area (Å²) in [5, 5.41) is 0. The summed E-state index contributed by atoms with van der Waals surface area (Å²) in [4.78, 5) is 18.6. The minimum atomic E-state index is -0.499. The third-order valence-electron chi connectivity index (χ3n) is 2.99. The molecule has 1 aliphatic rings. The van der Waals surface area contributed by atoms with Crippen molar-refractivity contribution in [2.75, 3.05) is 0 Å². The van der Waals surface area contributed by atoms with E-state index in [0.29, 0.717) is 12.6 Å².